The van der Waals surface area contributed by atoms with Crippen LogP contribution in [0.2, 0.25) is 0 Å². The van der Waals surface area contributed by atoms with E-state index in [2.05, 4.69) is 22.5 Å². The standard InChI is InChI=1S/C12H23N3O2/c1-10-8-11(2-7-17-10)14-12(16)9-15-5-3-13-4-6-15/h10-11,13H,2-9H2,1H3,(H,14,16). The van der Waals surface area contributed by atoms with Gasteiger partial charge in [0, 0.05) is 38.8 Å². The highest BCUT2D eigenvalue weighted by atomic mass is 16.5. The lowest BCUT2D eigenvalue weighted by Gasteiger charge is -2.30. The maximum absolute atomic E-state index is 11.9. The molecule has 0 aromatic rings. The minimum absolute atomic E-state index is 0.158. The molecule has 0 aromatic carbocycles. The van der Waals surface area contributed by atoms with E-state index in [4.69, 9.17) is 4.74 Å². The molecule has 1 amide bonds. The monoisotopic (exact) mass is 241 g/mol. The lowest BCUT2D eigenvalue weighted by molar-refractivity contribution is -0.124. The highest BCUT2D eigenvalue weighted by Gasteiger charge is 2.22. The van der Waals surface area contributed by atoms with Gasteiger partial charge in [0.25, 0.3) is 0 Å². The molecule has 0 spiro atoms. The molecule has 2 fully saturated rings. The number of carbonyl (C=O) groups excluding carboxylic acids is 1. The van der Waals surface area contributed by atoms with E-state index >= 15 is 0 Å². The summed E-state index contributed by atoms with van der Waals surface area (Å²) in [5.41, 5.74) is 0. The molecular formula is C12H23N3O2. The fourth-order valence-corrected chi connectivity index (χ4v) is 2.47. The van der Waals surface area contributed by atoms with Crippen LogP contribution < -0.4 is 10.6 Å². The van der Waals surface area contributed by atoms with E-state index in [1.54, 1.807) is 0 Å². The third kappa shape index (κ3) is 4.26. The molecule has 2 atom stereocenters. The zero-order chi connectivity index (χ0) is 12.1. The Morgan fingerprint density at radius 1 is 1.47 bits per heavy atom. The number of carbonyl (C=O) groups is 1. The number of ether oxygens (including phenoxy) is 1. The van der Waals surface area contributed by atoms with Crippen molar-refractivity contribution in [1.82, 2.24) is 15.5 Å². The third-order valence-corrected chi connectivity index (χ3v) is 3.43. The maximum Gasteiger partial charge on any atom is 0.234 e. The van der Waals surface area contributed by atoms with Crippen molar-refractivity contribution in [2.24, 2.45) is 0 Å². The van der Waals surface area contributed by atoms with Crippen molar-refractivity contribution in [2.45, 2.75) is 31.9 Å². The van der Waals surface area contributed by atoms with Gasteiger partial charge in [-0.05, 0) is 19.8 Å². The van der Waals surface area contributed by atoms with Crippen LogP contribution in [0.5, 0.6) is 0 Å². The van der Waals surface area contributed by atoms with Crippen molar-refractivity contribution in [3.63, 3.8) is 0 Å². The van der Waals surface area contributed by atoms with Crippen LogP contribution in [-0.4, -0.2) is 62.3 Å². The molecule has 0 saturated carbocycles. The van der Waals surface area contributed by atoms with E-state index in [0.717, 1.165) is 45.6 Å². The summed E-state index contributed by atoms with van der Waals surface area (Å²) in [5.74, 6) is 0.158. The molecule has 2 rings (SSSR count). The van der Waals surface area contributed by atoms with Crippen LogP contribution in [0, 0.1) is 0 Å². The normalized spacial score (nSPS) is 31.1. The highest BCUT2D eigenvalue weighted by Crippen LogP contribution is 2.12. The van der Waals surface area contributed by atoms with Crippen LogP contribution in [0.3, 0.4) is 0 Å². The Bertz CT molecular complexity index is 254. The Labute approximate surface area is 103 Å². The van der Waals surface area contributed by atoms with Gasteiger partial charge in [-0.25, -0.2) is 0 Å². The molecule has 0 radical (unpaired) electrons. The molecule has 2 aliphatic rings. The first-order chi connectivity index (χ1) is 8.24. The summed E-state index contributed by atoms with van der Waals surface area (Å²) in [5, 5.41) is 6.40. The third-order valence-electron chi connectivity index (χ3n) is 3.43. The fourth-order valence-electron chi connectivity index (χ4n) is 2.47. The SMILES string of the molecule is CC1CC(NC(=O)CN2CCNCC2)CCO1. The Kier molecular flexibility index (Phi) is 4.76. The lowest BCUT2D eigenvalue weighted by Crippen LogP contribution is -2.50. The largest absolute Gasteiger partial charge is 0.378 e. The molecule has 98 valence electrons. The molecule has 2 unspecified atom stereocenters. The summed E-state index contributed by atoms with van der Waals surface area (Å²) in [4.78, 5) is 14.1. The van der Waals surface area contributed by atoms with Crippen LogP contribution in [0.25, 0.3) is 0 Å². The van der Waals surface area contributed by atoms with Crippen molar-refractivity contribution in [3.05, 3.63) is 0 Å². The van der Waals surface area contributed by atoms with Crippen LogP contribution in [-0.2, 0) is 9.53 Å². The summed E-state index contributed by atoms with van der Waals surface area (Å²) < 4.78 is 5.47. The predicted octanol–water partition coefficient (Wildman–Crippen LogP) is -0.425. The highest BCUT2D eigenvalue weighted by molar-refractivity contribution is 5.78. The van der Waals surface area contributed by atoms with E-state index in [1.165, 1.54) is 0 Å². The number of nitrogens with zero attached hydrogens (tertiary/aromatic N) is 1. The molecule has 17 heavy (non-hydrogen) atoms. The van der Waals surface area contributed by atoms with Gasteiger partial charge in [-0.15, -0.1) is 0 Å². The Hall–Kier alpha value is -0.650. The minimum atomic E-state index is 0.158. The summed E-state index contributed by atoms with van der Waals surface area (Å²) in [6.07, 6.45) is 2.15. The number of hydrogen-bond acceptors (Lipinski definition) is 4. The van der Waals surface area contributed by atoms with Crippen molar-refractivity contribution >= 4 is 5.91 Å². The van der Waals surface area contributed by atoms with Gasteiger partial charge < -0.3 is 15.4 Å². The van der Waals surface area contributed by atoms with Crippen LogP contribution in [0.1, 0.15) is 19.8 Å². The van der Waals surface area contributed by atoms with E-state index < -0.39 is 0 Å². The summed E-state index contributed by atoms with van der Waals surface area (Å²) in [7, 11) is 0. The first kappa shape index (κ1) is 12.8. The van der Waals surface area contributed by atoms with Crippen molar-refractivity contribution < 1.29 is 9.53 Å². The predicted molar refractivity (Wildman–Crippen MR) is 65.9 cm³/mol. The average Bonchev–Trinajstić information content (AvgIpc) is 2.30. The van der Waals surface area contributed by atoms with Crippen LogP contribution in [0.15, 0.2) is 0 Å². The molecular weight excluding hydrogens is 218 g/mol. The second-order valence-electron chi connectivity index (χ2n) is 5.00. The van der Waals surface area contributed by atoms with E-state index in [0.29, 0.717) is 12.6 Å². The van der Waals surface area contributed by atoms with Crippen LogP contribution >= 0.6 is 0 Å². The zero-order valence-electron chi connectivity index (χ0n) is 10.6. The van der Waals surface area contributed by atoms with Gasteiger partial charge in [0.05, 0.1) is 12.6 Å². The van der Waals surface area contributed by atoms with Gasteiger partial charge >= 0.3 is 0 Å². The van der Waals surface area contributed by atoms with E-state index in [-0.39, 0.29) is 12.0 Å². The smallest absolute Gasteiger partial charge is 0.234 e. The molecule has 5 nitrogen and oxygen atoms in total. The van der Waals surface area contributed by atoms with Gasteiger partial charge in [0.15, 0.2) is 0 Å². The van der Waals surface area contributed by atoms with Crippen molar-refractivity contribution in [1.29, 1.82) is 0 Å². The quantitative estimate of drug-likeness (QED) is 0.704. The Morgan fingerprint density at radius 3 is 2.94 bits per heavy atom. The number of hydrogen-bond donors (Lipinski definition) is 2. The average molecular weight is 241 g/mol. The number of nitrogens with one attached hydrogen (secondary N) is 2. The second kappa shape index (κ2) is 6.33. The maximum atomic E-state index is 11.9. The van der Waals surface area contributed by atoms with Gasteiger partial charge in [-0.3, -0.25) is 9.69 Å². The molecule has 2 N–H and O–H groups in total. The molecule has 2 aliphatic heterocycles. The van der Waals surface area contributed by atoms with Crippen molar-refractivity contribution in [3.8, 4) is 0 Å². The topological polar surface area (TPSA) is 53.6 Å². The van der Waals surface area contributed by atoms with E-state index in [9.17, 15) is 4.79 Å². The Balaban J connectivity index is 1.68. The van der Waals surface area contributed by atoms with Gasteiger partial charge in [0.1, 0.15) is 0 Å². The molecule has 0 bridgehead atoms. The fraction of sp³-hybridized carbons (Fsp3) is 0.917. The second-order valence-corrected chi connectivity index (χ2v) is 5.00. The first-order valence-electron chi connectivity index (χ1n) is 6.58. The van der Waals surface area contributed by atoms with Gasteiger partial charge in [0.2, 0.25) is 5.91 Å². The summed E-state index contributed by atoms with van der Waals surface area (Å²) in [6.45, 7) is 7.28. The van der Waals surface area contributed by atoms with Gasteiger partial charge in [-0.2, -0.15) is 0 Å². The Morgan fingerprint density at radius 2 is 2.24 bits per heavy atom. The van der Waals surface area contributed by atoms with E-state index in [1.807, 2.05) is 0 Å². The minimum Gasteiger partial charge on any atom is -0.378 e. The zero-order valence-corrected chi connectivity index (χ0v) is 10.6. The lowest BCUT2D eigenvalue weighted by atomic mass is 10.0. The summed E-state index contributed by atoms with van der Waals surface area (Å²) >= 11 is 0. The van der Waals surface area contributed by atoms with Crippen LogP contribution in [0.4, 0.5) is 0 Å². The molecule has 2 saturated heterocycles. The van der Waals surface area contributed by atoms with Crippen molar-refractivity contribution in [2.75, 3.05) is 39.3 Å². The number of amides is 1. The molecule has 0 aliphatic carbocycles. The summed E-state index contributed by atoms with van der Waals surface area (Å²) in [6, 6.07) is 0.300. The van der Waals surface area contributed by atoms with Gasteiger partial charge in [-0.1, -0.05) is 0 Å². The molecule has 0 aromatic heterocycles. The number of rotatable bonds is 3. The molecule has 5 heteroatoms. The molecule has 2 heterocycles. The number of piperazine rings is 1. The first-order valence-corrected chi connectivity index (χ1v) is 6.58.